The van der Waals surface area contributed by atoms with Crippen LogP contribution >= 0.6 is 15.9 Å². The van der Waals surface area contributed by atoms with Crippen LogP contribution in [0.25, 0.3) is 0 Å². The van der Waals surface area contributed by atoms with E-state index in [9.17, 15) is 4.79 Å². The fourth-order valence-corrected chi connectivity index (χ4v) is 3.37. The van der Waals surface area contributed by atoms with E-state index in [1.165, 1.54) is 70.6 Å². The van der Waals surface area contributed by atoms with Crippen LogP contribution in [0.5, 0.6) is 0 Å². The van der Waals surface area contributed by atoms with Crippen LogP contribution in [0.3, 0.4) is 0 Å². The predicted molar refractivity (Wildman–Crippen MR) is 111 cm³/mol. The molecular formula is C21H35BrN2O. The van der Waals surface area contributed by atoms with Gasteiger partial charge in [0.1, 0.15) is 0 Å². The molecule has 0 atom stereocenters. The zero-order valence-electron chi connectivity index (χ0n) is 15.9. The number of carbonyl (C=O) groups excluding carboxylic acids is 1. The molecule has 0 aliphatic carbocycles. The third-order valence-corrected chi connectivity index (χ3v) is 4.93. The molecule has 0 aromatic carbocycles. The lowest BCUT2D eigenvalue weighted by molar-refractivity contribution is -0.116. The molecule has 1 aromatic rings. The van der Waals surface area contributed by atoms with Gasteiger partial charge in [0.2, 0.25) is 5.91 Å². The minimum absolute atomic E-state index is 0.0861. The number of carbonyl (C=O) groups is 1. The molecular weight excluding hydrogens is 376 g/mol. The molecule has 0 bridgehead atoms. The molecule has 0 fully saturated rings. The largest absolute Gasteiger partial charge is 0.325 e. The molecule has 0 spiro atoms. The number of aromatic nitrogens is 1. The fraction of sp³-hybridized carbons (Fsp3) is 0.714. The number of nitrogens with one attached hydrogen (secondary N) is 1. The van der Waals surface area contributed by atoms with Crippen LogP contribution in [0.2, 0.25) is 0 Å². The number of hydrogen-bond donors (Lipinski definition) is 1. The fourth-order valence-electron chi connectivity index (χ4n) is 3.01. The van der Waals surface area contributed by atoms with Crippen molar-refractivity contribution in [3.05, 3.63) is 22.9 Å². The molecule has 1 aromatic heterocycles. The van der Waals surface area contributed by atoms with Gasteiger partial charge in [0.05, 0.1) is 11.9 Å². The van der Waals surface area contributed by atoms with Gasteiger partial charge in [-0.05, 0) is 28.4 Å². The highest BCUT2D eigenvalue weighted by atomic mass is 79.9. The Balaban J connectivity index is 1.86. The van der Waals surface area contributed by atoms with Crippen LogP contribution in [0.15, 0.2) is 22.9 Å². The number of pyridine rings is 1. The quantitative estimate of drug-likeness (QED) is 0.309. The van der Waals surface area contributed by atoms with Crippen LogP contribution in [0, 0.1) is 0 Å². The summed E-state index contributed by atoms with van der Waals surface area (Å²) in [6.45, 7) is 2.27. The van der Waals surface area contributed by atoms with Crippen molar-refractivity contribution in [1.29, 1.82) is 0 Å². The Morgan fingerprint density at radius 1 is 0.880 bits per heavy atom. The van der Waals surface area contributed by atoms with Gasteiger partial charge in [0.25, 0.3) is 0 Å². The second kappa shape index (κ2) is 15.4. The highest BCUT2D eigenvalue weighted by Crippen LogP contribution is 2.15. The molecule has 0 saturated carbocycles. The van der Waals surface area contributed by atoms with Crippen LogP contribution in [0.4, 0.5) is 5.69 Å². The Kier molecular flexibility index (Phi) is 13.6. The number of rotatable bonds is 15. The maximum Gasteiger partial charge on any atom is 0.224 e. The summed E-state index contributed by atoms with van der Waals surface area (Å²) < 4.78 is 0.881. The molecule has 0 aliphatic rings. The first-order valence-corrected chi connectivity index (χ1v) is 10.9. The van der Waals surface area contributed by atoms with Crippen molar-refractivity contribution in [2.24, 2.45) is 0 Å². The van der Waals surface area contributed by atoms with Gasteiger partial charge >= 0.3 is 0 Å². The lowest BCUT2D eigenvalue weighted by Gasteiger charge is -2.05. The van der Waals surface area contributed by atoms with Gasteiger partial charge in [0, 0.05) is 17.1 Å². The Morgan fingerprint density at radius 3 is 1.92 bits per heavy atom. The van der Waals surface area contributed by atoms with Gasteiger partial charge in [-0.2, -0.15) is 0 Å². The number of amides is 1. The molecule has 0 aliphatic heterocycles. The topological polar surface area (TPSA) is 42.0 Å². The van der Waals surface area contributed by atoms with Crippen molar-refractivity contribution in [2.75, 3.05) is 5.32 Å². The first-order valence-electron chi connectivity index (χ1n) is 10.1. The predicted octanol–water partition coefficient (Wildman–Crippen LogP) is 7.26. The number of halogens is 1. The van der Waals surface area contributed by atoms with Gasteiger partial charge in [-0.15, -0.1) is 0 Å². The van der Waals surface area contributed by atoms with E-state index in [1.54, 1.807) is 12.4 Å². The molecule has 0 unspecified atom stereocenters. The highest BCUT2D eigenvalue weighted by Gasteiger charge is 2.03. The van der Waals surface area contributed by atoms with Crippen molar-refractivity contribution >= 4 is 27.5 Å². The van der Waals surface area contributed by atoms with Crippen LogP contribution in [-0.4, -0.2) is 10.9 Å². The molecule has 142 valence electrons. The smallest absolute Gasteiger partial charge is 0.224 e. The van der Waals surface area contributed by atoms with E-state index in [0.29, 0.717) is 6.42 Å². The number of hydrogen-bond acceptors (Lipinski definition) is 2. The lowest BCUT2D eigenvalue weighted by atomic mass is 10.0. The summed E-state index contributed by atoms with van der Waals surface area (Å²) >= 11 is 3.36. The summed E-state index contributed by atoms with van der Waals surface area (Å²) in [6.07, 6.45) is 21.2. The Hall–Kier alpha value is -0.900. The lowest BCUT2D eigenvalue weighted by Crippen LogP contribution is -2.11. The average molecular weight is 411 g/mol. The van der Waals surface area contributed by atoms with Crippen molar-refractivity contribution in [1.82, 2.24) is 4.98 Å². The minimum Gasteiger partial charge on any atom is -0.325 e. The SMILES string of the molecule is CCCCCCCCCCCCCCCC(=O)Nc1cncc(Br)c1. The maximum absolute atomic E-state index is 11.9. The van der Waals surface area contributed by atoms with Crippen LogP contribution < -0.4 is 5.32 Å². The first-order chi connectivity index (χ1) is 12.2. The number of anilines is 1. The van der Waals surface area contributed by atoms with Gasteiger partial charge < -0.3 is 5.32 Å². The van der Waals surface area contributed by atoms with Crippen LogP contribution in [-0.2, 0) is 4.79 Å². The van der Waals surface area contributed by atoms with E-state index < -0.39 is 0 Å². The van der Waals surface area contributed by atoms with Crippen molar-refractivity contribution in [2.45, 2.75) is 96.8 Å². The number of nitrogens with zero attached hydrogens (tertiary/aromatic N) is 1. The highest BCUT2D eigenvalue weighted by molar-refractivity contribution is 9.10. The molecule has 0 saturated heterocycles. The standard InChI is InChI=1S/C21H35BrN2O/c1-2-3-4-5-6-7-8-9-10-11-12-13-14-15-21(25)24-20-16-19(22)17-23-18-20/h16-18H,2-15H2,1H3,(H,24,25). The number of unbranched alkanes of at least 4 members (excludes halogenated alkanes) is 12. The third kappa shape index (κ3) is 13.0. The van der Waals surface area contributed by atoms with E-state index in [2.05, 4.69) is 33.2 Å². The minimum atomic E-state index is 0.0861. The van der Waals surface area contributed by atoms with E-state index in [0.717, 1.165) is 23.0 Å². The molecule has 1 amide bonds. The van der Waals surface area contributed by atoms with E-state index >= 15 is 0 Å². The summed E-state index contributed by atoms with van der Waals surface area (Å²) in [4.78, 5) is 15.9. The van der Waals surface area contributed by atoms with Crippen LogP contribution in [0.1, 0.15) is 96.8 Å². The molecule has 1 N–H and O–H groups in total. The summed E-state index contributed by atoms with van der Waals surface area (Å²) in [5.74, 6) is 0.0861. The second-order valence-electron chi connectivity index (χ2n) is 6.93. The van der Waals surface area contributed by atoms with E-state index in [-0.39, 0.29) is 5.91 Å². The summed E-state index contributed by atoms with van der Waals surface area (Å²) in [6, 6.07) is 1.87. The molecule has 1 heterocycles. The summed E-state index contributed by atoms with van der Waals surface area (Å²) in [5.41, 5.74) is 0.758. The zero-order valence-corrected chi connectivity index (χ0v) is 17.5. The van der Waals surface area contributed by atoms with Gasteiger partial charge in [-0.25, -0.2) is 0 Å². The second-order valence-corrected chi connectivity index (χ2v) is 7.85. The molecule has 4 heteroatoms. The van der Waals surface area contributed by atoms with E-state index in [1.807, 2.05) is 6.07 Å². The van der Waals surface area contributed by atoms with Gasteiger partial charge in [-0.3, -0.25) is 9.78 Å². The Morgan fingerprint density at radius 2 is 1.40 bits per heavy atom. The molecule has 0 radical (unpaired) electrons. The molecule has 3 nitrogen and oxygen atoms in total. The monoisotopic (exact) mass is 410 g/mol. The Bertz CT molecular complexity index is 465. The molecule has 25 heavy (non-hydrogen) atoms. The van der Waals surface area contributed by atoms with Crippen molar-refractivity contribution in [3.8, 4) is 0 Å². The maximum atomic E-state index is 11.9. The molecule has 1 rings (SSSR count). The average Bonchev–Trinajstić information content (AvgIpc) is 2.59. The normalized spacial score (nSPS) is 10.8. The zero-order chi connectivity index (χ0) is 18.2. The third-order valence-electron chi connectivity index (χ3n) is 4.50. The van der Waals surface area contributed by atoms with Gasteiger partial charge in [-0.1, -0.05) is 84.0 Å². The van der Waals surface area contributed by atoms with Crippen molar-refractivity contribution in [3.63, 3.8) is 0 Å². The summed E-state index contributed by atoms with van der Waals surface area (Å²) in [5, 5.41) is 2.89. The Labute approximate surface area is 162 Å². The summed E-state index contributed by atoms with van der Waals surface area (Å²) in [7, 11) is 0. The van der Waals surface area contributed by atoms with Crippen molar-refractivity contribution < 1.29 is 4.79 Å². The van der Waals surface area contributed by atoms with E-state index in [4.69, 9.17) is 0 Å². The first kappa shape index (κ1) is 22.1. The van der Waals surface area contributed by atoms with Gasteiger partial charge in [0.15, 0.2) is 0 Å².